The van der Waals surface area contributed by atoms with E-state index in [9.17, 15) is 0 Å². The first-order chi connectivity index (χ1) is 7.27. The Morgan fingerprint density at radius 2 is 2.27 bits per heavy atom. The normalized spacial score (nSPS) is 21.1. The lowest BCUT2D eigenvalue weighted by Crippen LogP contribution is -2.31. The van der Waals surface area contributed by atoms with Crippen molar-refractivity contribution in [1.29, 1.82) is 0 Å². The second-order valence-electron chi connectivity index (χ2n) is 4.13. The third kappa shape index (κ3) is 2.49. The monoisotopic (exact) mass is 206 g/mol. The lowest BCUT2D eigenvalue weighted by molar-refractivity contribution is 0.156. The van der Waals surface area contributed by atoms with Crippen molar-refractivity contribution in [3.63, 3.8) is 0 Å². The summed E-state index contributed by atoms with van der Waals surface area (Å²) < 4.78 is 5.37. The van der Waals surface area contributed by atoms with E-state index in [1.807, 2.05) is 18.2 Å². The summed E-state index contributed by atoms with van der Waals surface area (Å²) in [6, 6.07) is 8.59. The van der Waals surface area contributed by atoms with Gasteiger partial charge in [-0.15, -0.1) is 0 Å². The molecule has 15 heavy (non-hydrogen) atoms. The molecular weight excluding hydrogens is 188 g/mol. The van der Waals surface area contributed by atoms with Crippen molar-refractivity contribution in [2.24, 2.45) is 0 Å². The molecule has 1 heterocycles. The van der Waals surface area contributed by atoms with Crippen LogP contribution in [0.15, 0.2) is 24.3 Å². The van der Waals surface area contributed by atoms with Crippen LogP contribution in [0.2, 0.25) is 0 Å². The zero-order valence-electron chi connectivity index (χ0n) is 9.15. The van der Waals surface area contributed by atoms with Gasteiger partial charge in [-0.05, 0) is 25.1 Å². The van der Waals surface area contributed by atoms with Gasteiger partial charge in [-0.1, -0.05) is 18.2 Å². The van der Waals surface area contributed by atoms with Crippen LogP contribution in [0.5, 0.6) is 0 Å². The Morgan fingerprint density at radius 3 is 2.93 bits per heavy atom. The fraction of sp³-hybridized carbons (Fsp3) is 0.500. The molecule has 0 bridgehead atoms. The predicted molar refractivity (Wildman–Crippen MR) is 61.5 cm³/mol. The highest BCUT2D eigenvalue weighted by molar-refractivity contribution is 5.46. The Hall–Kier alpha value is -1.06. The van der Waals surface area contributed by atoms with Crippen molar-refractivity contribution in [1.82, 2.24) is 4.90 Å². The molecule has 0 amide bonds. The van der Waals surface area contributed by atoms with Gasteiger partial charge in [0.25, 0.3) is 0 Å². The first kappa shape index (κ1) is 10.5. The van der Waals surface area contributed by atoms with Gasteiger partial charge in [-0.2, -0.15) is 0 Å². The summed E-state index contributed by atoms with van der Waals surface area (Å²) in [5, 5.41) is 0. The number of nitrogens with two attached hydrogens (primary N) is 1. The van der Waals surface area contributed by atoms with E-state index in [2.05, 4.69) is 18.0 Å². The Labute approximate surface area is 90.8 Å². The van der Waals surface area contributed by atoms with Crippen LogP contribution in [0.4, 0.5) is 5.69 Å². The molecule has 2 N–H and O–H groups in total. The smallest absolute Gasteiger partial charge is 0.0622 e. The van der Waals surface area contributed by atoms with Gasteiger partial charge in [0, 0.05) is 24.9 Å². The second kappa shape index (κ2) is 4.64. The highest BCUT2D eigenvalue weighted by Crippen LogP contribution is 2.17. The van der Waals surface area contributed by atoms with Crippen LogP contribution in [0, 0.1) is 0 Å². The van der Waals surface area contributed by atoms with E-state index in [-0.39, 0.29) is 0 Å². The summed E-state index contributed by atoms with van der Waals surface area (Å²) in [4.78, 5) is 2.32. The first-order valence-electron chi connectivity index (χ1n) is 5.39. The Kier molecular flexibility index (Phi) is 3.23. The summed E-state index contributed by atoms with van der Waals surface area (Å²) in [6.07, 6.45) is 1.13. The molecule has 1 fully saturated rings. The number of anilines is 1. The molecule has 2 rings (SSSR count). The van der Waals surface area contributed by atoms with Crippen LogP contribution in [-0.4, -0.2) is 31.2 Å². The van der Waals surface area contributed by atoms with Crippen LogP contribution in [0.1, 0.15) is 12.0 Å². The van der Waals surface area contributed by atoms with Crippen LogP contribution in [0.25, 0.3) is 0 Å². The van der Waals surface area contributed by atoms with Gasteiger partial charge >= 0.3 is 0 Å². The van der Waals surface area contributed by atoms with E-state index in [0.717, 1.165) is 31.9 Å². The van der Waals surface area contributed by atoms with Crippen molar-refractivity contribution in [3.05, 3.63) is 29.8 Å². The highest BCUT2D eigenvalue weighted by atomic mass is 16.5. The van der Waals surface area contributed by atoms with Gasteiger partial charge in [0.2, 0.25) is 0 Å². The van der Waals surface area contributed by atoms with E-state index in [4.69, 9.17) is 10.5 Å². The van der Waals surface area contributed by atoms with Crippen LogP contribution >= 0.6 is 0 Å². The maximum atomic E-state index is 5.91. The maximum Gasteiger partial charge on any atom is 0.0622 e. The second-order valence-corrected chi connectivity index (χ2v) is 4.13. The molecule has 1 atom stereocenters. The van der Waals surface area contributed by atoms with Gasteiger partial charge in [0.1, 0.15) is 0 Å². The largest absolute Gasteiger partial charge is 0.398 e. The molecule has 0 saturated carbocycles. The maximum absolute atomic E-state index is 5.91. The molecule has 0 spiro atoms. The van der Waals surface area contributed by atoms with Crippen molar-refractivity contribution in [3.8, 4) is 0 Å². The van der Waals surface area contributed by atoms with Crippen LogP contribution < -0.4 is 5.73 Å². The summed E-state index contributed by atoms with van der Waals surface area (Å²) in [7, 11) is 2.13. The first-order valence-corrected chi connectivity index (χ1v) is 5.39. The van der Waals surface area contributed by atoms with Crippen molar-refractivity contribution in [2.75, 3.05) is 26.0 Å². The molecule has 1 unspecified atom stereocenters. The number of likely N-dealkylation sites (N-methyl/N-ethyl adjacent to an activating group) is 1. The molecule has 0 aliphatic carbocycles. The molecule has 3 heteroatoms. The molecule has 1 aliphatic heterocycles. The number of ether oxygens (including phenoxy) is 1. The topological polar surface area (TPSA) is 38.5 Å². The van der Waals surface area contributed by atoms with E-state index in [1.54, 1.807) is 0 Å². The summed E-state index contributed by atoms with van der Waals surface area (Å²) >= 11 is 0. The molecule has 1 aromatic rings. The van der Waals surface area contributed by atoms with Crippen molar-refractivity contribution < 1.29 is 4.74 Å². The summed E-state index contributed by atoms with van der Waals surface area (Å²) in [5.74, 6) is 0. The van der Waals surface area contributed by atoms with Crippen LogP contribution in [0.3, 0.4) is 0 Å². The molecule has 1 saturated heterocycles. The quantitative estimate of drug-likeness (QED) is 0.761. The molecule has 0 aromatic heterocycles. The molecule has 3 nitrogen and oxygen atoms in total. The molecule has 82 valence electrons. The number of hydrogen-bond acceptors (Lipinski definition) is 3. The van der Waals surface area contributed by atoms with Crippen molar-refractivity contribution >= 4 is 5.69 Å². The molecule has 0 radical (unpaired) electrons. The van der Waals surface area contributed by atoms with Gasteiger partial charge in [-0.3, -0.25) is 4.90 Å². The van der Waals surface area contributed by atoms with Gasteiger partial charge in [0.05, 0.1) is 6.61 Å². The van der Waals surface area contributed by atoms with E-state index in [1.165, 1.54) is 5.56 Å². The Bertz CT molecular complexity index is 321. The molecular formula is C12H18N2O. The number of nitrogens with zero attached hydrogens (tertiary/aromatic N) is 1. The predicted octanol–water partition coefficient (Wildman–Crippen LogP) is 1.49. The Balaban J connectivity index is 1.99. The molecule has 1 aromatic carbocycles. The SMILES string of the molecule is CN(Cc1ccccc1N)C1CCOC1. The fourth-order valence-electron chi connectivity index (χ4n) is 1.95. The minimum atomic E-state index is 0.546. The minimum absolute atomic E-state index is 0.546. The average molecular weight is 206 g/mol. The van der Waals surface area contributed by atoms with Gasteiger partial charge in [0.15, 0.2) is 0 Å². The van der Waals surface area contributed by atoms with Crippen molar-refractivity contribution in [2.45, 2.75) is 19.0 Å². The number of nitrogen functional groups attached to an aromatic ring is 1. The number of benzene rings is 1. The Morgan fingerprint density at radius 1 is 1.47 bits per heavy atom. The van der Waals surface area contributed by atoms with Crippen LogP contribution in [-0.2, 0) is 11.3 Å². The van der Waals surface area contributed by atoms with E-state index >= 15 is 0 Å². The number of hydrogen-bond donors (Lipinski definition) is 1. The number of para-hydroxylation sites is 1. The third-order valence-electron chi connectivity index (χ3n) is 3.00. The highest BCUT2D eigenvalue weighted by Gasteiger charge is 2.20. The zero-order chi connectivity index (χ0) is 10.7. The van der Waals surface area contributed by atoms with E-state index in [0.29, 0.717) is 6.04 Å². The third-order valence-corrected chi connectivity index (χ3v) is 3.00. The zero-order valence-corrected chi connectivity index (χ0v) is 9.15. The summed E-state index contributed by atoms with van der Waals surface area (Å²) in [5.41, 5.74) is 7.99. The molecule has 1 aliphatic rings. The minimum Gasteiger partial charge on any atom is -0.398 e. The van der Waals surface area contributed by atoms with Gasteiger partial charge in [-0.25, -0.2) is 0 Å². The fourth-order valence-corrected chi connectivity index (χ4v) is 1.95. The van der Waals surface area contributed by atoms with E-state index < -0.39 is 0 Å². The number of rotatable bonds is 3. The average Bonchev–Trinajstić information content (AvgIpc) is 2.74. The summed E-state index contributed by atoms with van der Waals surface area (Å²) in [6.45, 7) is 2.64. The van der Waals surface area contributed by atoms with Gasteiger partial charge < -0.3 is 10.5 Å². The lowest BCUT2D eigenvalue weighted by atomic mass is 10.1. The standard InChI is InChI=1S/C12H18N2O/c1-14(11-6-7-15-9-11)8-10-4-2-3-5-12(10)13/h2-5,11H,6-9,13H2,1H3. The lowest BCUT2D eigenvalue weighted by Gasteiger charge is -2.23.